The molecule has 1 spiro atoms. The third-order valence-corrected chi connectivity index (χ3v) is 7.83. The van der Waals surface area contributed by atoms with Gasteiger partial charge in [-0.25, -0.2) is 9.89 Å². The van der Waals surface area contributed by atoms with E-state index in [1.54, 1.807) is 42.5 Å². The molecule has 2 atom stereocenters. The number of aliphatic hydroxyl groups excluding tert-OH is 1. The highest BCUT2D eigenvalue weighted by Gasteiger charge is 2.58. The molecule has 6 rings (SSSR count). The van der Waals surface area contributed by atoms with E-state index in [4.69, 9.17) is 19.6 Å². The summed E-state index contributed by atoms with van der Waals surface area (Å²) in [5.41, 5.74) is 1.85. The predicted octanol–water partition coefficient (Wildman–Crippen LogP) is 5.90. The second-order valence-corrected chi connectivity index (χ2v) is 10.9. The molecule has 0 unspecified atom stereocenters. The molecule has 0 fully saturated rings. The van der Waals surface area contributed by atoms with Gasteiger partial charge in [-0.15, -0.1) is 0 Å². The number of imide groups is 1. The maximum Gasteiger partial charge on any atom is 0.266 e. The van der Waals surface area contributed by atoms with Crippen LogP contribution in [-0.4, -0.2) is 41.6 Å². The van der Waals surface area contributed by atoms with E-state index >= 15 is 0 Å². The van der Waals surface area contributed by atoms with Crippen LogP contribution < -0.4 is 9.64 Å². The SMILES string of the molecule is O=C(c1ccccc1)N1C(=O)[C@@]2(Cc3ccccc31)N=C(c1ccc(OCCCO)cc1)O[C@H]2c1ccc(Br)cc1. The average Bonchev–Trinajstić information content (AvgIpc) is 3.39. The minimum atomic E-state index is -1.40. The molecule has 8 heteroatoms. The van der Waals surface area contributed by atoms with Crippen LogP contribution in [0.4, 0.5) is 5.69 Å². The van der Waals surface area contributed by atoms with E-state index in [2.05, 4.69) is 15.9 Å². The van der Waals surface area contributed by atoms with Crippen LogP contribution in [0.25, 0.3) is 0 Å². The topological polar surface area (TPSA) is 88.4 Å². The Labute approximate surface area is 246 Å². The molecule has 41 heavy (non-hydrogen) atoms. The number of aliphatic imine (C=N–C) groups is 1. The van der Waals surface area contributed by atoms with Crippen molar-refractivity contribution in [2.45, 2.75) is 24.5 Å². The molecule has 4 aromatic carbocycles. The zero-order valence-electron chi connectivity index (χ0n) is 22.1. The quantitative estimate of drug-likeness (QED) is 0.208. The number of para-hydroxylation sites is 1. The minimum Gasteiger partial charge on any atom is -0.494 e. The van der Waals surface area contributed by atoms with E-state index < -0.39 is 23.5 Å². The van der Waals surface area contributed by atoms with Crippen molar-refractivity contribution in [2.24, 2.45) is 4.99 Å². The maximum absolute atomic E-state index is 14.6. The fourth-order valence-electron chi connectivity index (χ4n) is 5.29. The Balaban J connectivity index is 1.45. The van der Waals surface area contributed by atoms with E-state index in [0.717, 1.165) is 15.6 Å². The summed E-state index contributed by atoms with van der Waals surface area (Å²) in [7, 11) is 0. The van der Waals surface area contributed by atoms with Crippen LogP contribution in [0.15, 0.2) is 113 Å². The van der Waals surface area contributed by atoms with Gasteiger partial charge in [0.2, 0.25) is 5.90 Å². The minimum absolute atomic E-state index is 0.0587. The van der Waals surface area contributed by atoms with Crippen molar-refractivity contribution in [3.05, 3.63) is 130 Å². The number of benzene rings is 4. The summed E-state index contributed by atoms with van der Waals surface area (Å²) in [5, 5.41) is 9.02. The van der Waals surface area contributed by atoms with Gasteiger partial charge in [0, 0.05) is 35.0 Å². The second kappa shape index (κ2) is 11.3. The maximum atomic E-state index is 14.6. The van der Waals surface area contributed by atoms with Gasteiger partial charge < -0.3 is 14.6 Å². The van der Waals surface area contributed by atoms with Crippen molar-refractivity contribution >= 4 is 39.3 Å². The van der Waals surface area contributed by atoms with Crippen LogP contribution in [0, 0.1) is 0 Å². The first-order valence-electron chi connectivity index (χ1n) is 13.4. The Bertz CT molecular complexity index is 1610. The Kier molecular flexibility index (Phi) is 7.43. The van der Waals surface area contributed by atoms with Gasteiger partial charge in [0.25, 0.3) is 11.8 Å². The third kappa shape index (κ3) is 5.05. The predicted molar refractivity (Wildman–Crippen MR) is 159 cm³/mol. The zero-order chi connectivity index (χ0) is 28.4. The van der Waals surface area contributed by atoms with E-state index in [0.29, 0.717) is 41.5 Å². The number of carbonyl (C=O) groups is 2. The van der Waals surface area contributed by atoms with Crippen molar-refractivity contribution in [2.75, 3.05) is 18.1 Å². The number of nitrogens with zero attached hydrogens (tertiary/aromatic N) is 2. The molecule has 0 saturated heterocycles. The number of ether oxygens (including phenoxy) is 2. The van der Waals surface area contributed by atoms with Crippen molar-refractivity contribution in [3.8, 4) is 5.75 Å². The molecule has 7 nitrogen and oxygen atoms in total. The lowest BCUT2D eigenvalue weighted by molar-refractivity contribution is -0.126. The fraction of sp³-hybridized carbons (Fsp3) is 0.182. The molecule has 0 radical (unpaired) electrons. The van der Waals surface area contributed by atoms with Gasteiger partial charge in [0.1, 0.15) is 5.75 Å². The lowest BCUT2D eigenvalue weighted by Gasteiger charge is -2.39. The van der Waals surface area contributed by atoms with Gasteiger partial charge in [0.05, 0.1) is 12.3 Å². The van der Waals surface area contributed by atoms with Crippen LogP contribution >= 0.6 is 15.9 Å². The molecule has 0 aliphatic carbocycles. The Morgan fingerprint density at radius 1 is 0.976 bits per heavy atom. The summed E-state index contributed by atoms with van der Waals surface area (Å²) >= 11 is 3.49. The second-order valence-electron chi connectivity index (χ2n) is 9.96. The van der Waals surface area contributed by atoms with Gasteiger partial charge in [0.15, 0.2) is 11.6 Å². The molecule has 206 valence electrons. The number of anilines is 1. The Morgan fingerprint density at radius 3 is 2.41 bits per heavy atom. The van der Waals surface area contributed by atoms with E-state index in [1.807, 2.05) is 60.7 Å². The Morgan fingerprint density at radius 2 is 1.68 bits per heavy atom. The van der Waals surface area contributed by atoms with Crippen LogP contribution in [0.1, 0.15) is 39.6 Å². The third-order valence-electron chi connectivity index (χ3n) is 7.30. The monoisotopic (exact) mass is 610 g/mol. The summed E-state index contributed by atoms with van der Waals surface area (Å²) < 4.78 is 13.1. The molecule has 1 N–H and O–H groups in total. The largest absolute Gasteiger partial charge is 0.494 e. The van der Waals surface area contributed by atoms with Gasteiger partial charge in [-0.3, -0.25) is 9.59 Å². The van der Waals surface area contributed by atoms with Gasteiger partial charge in [-0.05, 0) is 65.7 Å². The molecule has 0 aromatic heterocycles. The molecular weight excluding hydrogens is 584 g/mol. The van der Waals surface area contributed by atoms with Crippen LogP contribution in [0.5, 0.6) is 5.75 Å². The molecule has 2 aliphatic rings. The van der Waals surface area contributed by atoms with Gasteiger partial charge >= 0.3 is 0 Å². The number of amides is 2. The standard InChI is InChI=1S/C33H27BrN2O5/c34-26-15-11-22(12-16-26)29-33(35-30(41-29)23-13-17-27(18-14-23)40-20-6-19-37)21-25-9-4-5-10-28(25)36(32(33)39)31(38)24-7-2-1-3-8-24/h1-5,7-18,29,37H,6,19-21H2/t29-,33-/m0/s1. The highest BCUT2D eigenvalue weighted by molar-refractivity contribution is 9.10. The number of aliphatic hydroxyl groups is 1. The molecule has 2 amide bonds. The number of hydrogen-bond donors (Lipinski definition) is 1. The molecule has 0 bridgehead atoms. The molecule has 2 heterocycles. The summed E-state index contributed by atoms with van der Waals surface area (Å²) in [6.45, 7) is 0.463. The summed E-state index contributed by atoms with van der Waals surface area (Å²) in [6, 6.07) is 31.1. The van der Waals surface area contributed by atoms with E-state index in [1.165, 1.54) is 4.90 Å². The smallest absolute Gasteiger partial charge is 0.266 e. The average molecular weight is 611 g/mol. The van der Waals surface area contributed by atoms with E-state index in [-0.39, 0.29) is 13.0 Å². The zero-order valence-corrected chi connectivity index (χ0v) is 23.7. The summed E-state index contributed by atoms with van der Waals surface area (Å²) in [6.07, 6.45) is 0.0437. The summed E-state index contributed by atoms with van der Waals surface area (Å²) in [4.78, 5) is 34.8. The highest BCUT2D eigenvalue weighted by Crippen LogP contribution is 2.48. The first-order valence-corrected chi connectivity index (χ1v) is 14.2. The van der Waals surface area contributed by atoms with Crippen molar-refractivity contribution in [3.63, 3.8) is 0 Å². The number of rotatable bonds is 7. The number of fused-ring (bicyclic) bond motifs is 1. The Hall–Kier alpha value is -4.27. The number of carbonyl (C=O) groups excluding carboxylic acids is 2. The van der Waals surface area contributed by atoms with Crippen LogP contribution in [0.3, 0.4) is 0 Å². The van der Waals surface area contributed by atoms with Crippen molar-refractivity contribution in [1.82, 2.24) is 0 Å². The number of halogens is 1. The number of hydrogen-bond acceptors (Lipinski definition) is 6. The highest BCUT2D eigenvalue weighted by atomic mass is 79.9. The fourth-order valence-corrected chi connectivity index (χ4v) is 5.55. The summed E-state index contributed by atoms with van der Waals surface area (Å²) in [5.74, 6) is 0.128. The lowest BCUT2D eigenvalue weighted by Crippen LogP contribution is -2.57. The molecule has 0 saturated carbocycles. The van der Waals surface area contributed by atoms with Gasteiger partial charge in [-0.2, -0.15) is 0 Å². The molecular formula is C33H27BrN2O5. The first-order chi connectivity index (χ1) is 20.0. The van der Waals surface area contributed by atoms with Crippen LogP contribution in [0.2, 0.25) is 0 Å². The van der Waals surface area contributed by atoms with Crippen molar-refractivity contribution < 1.29 is 24.2 Å². The van der Waals surface area contributed by atoms with Crippen molar-refractivity contribution in [1.29, 1.82) is 0 Å². The van der Waals surface area contributed by atoms with Crippen LogP contribution in [-0.2, 0) is 16.0 Å². The first kappa shape index (κ1) is 26.9. The van der Waals surface area contributed by atoms with Gasteiger partial charge in [-0.1, -0.05) is 64.5 Å². The normalized spacial score (nSPS) is 19.5. The lowest BCUT2D eigenvalue weighted by atomic mass is 9.78. The molecule has 2 aliphatic heterocycles. The molecule has 4 aromatic rings. The van der Waals surface area contributed by atoms with E-state index in [9.17, 15) is 9.59 Å².